The number of benzene rings is 2. The summed E-state index contributed by atoms with van der Waals surface area (Å²) in [5.74, 6) is 0.131. The quantitative estimate of drug-likeness (QED) is 0.594. The molecule has 1 fully saturated rings. The normalized spacial score (nSPS) is 21.5. The van der Waals surface area contributed by atoms with Crippen LogP contribution in [0.25, 0.3) is 10.8 Å². The molecule has 0 bridgehead atoms. The molecule has 1 aromatic heterocycles. The molecular weight excluding hydrogens is 392 g/mol. The molecule has 154 valence electrons. The zero-order valence-electron chi connectivity index (χ0n) is 17.2. The summed E-state index contributed by atoms with van der Waals surface area (Å²) in [6.45, 7) is 4.14. The second-order valence-corrected chi connectivity index (χ2v) is 9.37. The second-order valence-electron chi connectivity index (χ2n) is 8.37. The zero-order valence-corrected chi connectivity index (χ0v) is 18.0. The first-order valence-corrected chi connectivity index (χ1v) is 11.6. The molecule has 2 atom stereocenters. The van der Waals surface area contributed by atoms with Crippen molar-refractivity contribution in [1.82, 2.24) is 9.80 Å². The van der Waals surface area contributed by atoms with Crippen LogP contribution in [-0.4, -0.2) is 41.2 Å². The van der Waals surface area contributed by atoms with Gasteiger partial charge in [-0.05, 0) is 60.0 Å². The third-order valence-corrected chi connectivity index (χ3v) is 7.63. The Bertz CT molecular complexity index is 1100. The van der Waals surface area contributed by atoms with Crippen molar-refractivity contribution in [1.29, 1.82) is 0 Å². The molecule has 2 amide bonds. The van der Waals surface area contributed by atoms with Crippen molar-refractivity contribution in [3.05, 3.63) is 69.9 Å². The first kappa shape index (κ1) is 19.3. The van der Waals surface area contributed by atoms with Crippen LogP contribution < -0.4 is 0 Å². The number of hydrogen-bond acceptors (Lipinski definition) is 3. The van der Waals surface area contributed by atoms with Gasteiger partial charge in [-0.25, -0.2) is 0 Å². The van der Waals surface area contributed by atoms with E-state index < -0.39 is 0 Å². The van der Waals surface area contributed by atoms with E-state index >= 15 is 0 Å². The lowest BCUT2D eigenvalue weighted by atomic mass is 9.92. The fourth-order valence-corrected chi connectivity index (χ4v) is 5.95. The van der Waals surface area contributed by atoms with Gasteiger partial charge in [0, 0.05) is 30.1 Å². The van der Waals surface area contributed by atoms with E-state index in [0.717, 1.165) is 48.7 Å². The van der Waals surface area contributed by atoms with Crippen LogP contribution >= 0.6 is 11.3 Å². The largest absolute Gasteiger partial charge is 0.338 e. The number of fused-ring (bicyclic) bond motifs is 2. The highest BCUT2D eigenvalue weighted by Crippen LogP contribution is 2.35. The molecule has 2 aliphatic heterocycles. The summed E-state index contributed by atoms with van der Waals surface area (Å²) in [5, 5.41) is 4.18. The number of piperidine rings is 1. The number of rotatable bonds is 2. The maximum atomic E-state index is 13.4. The lowest BCUT2D eigenvalue weighted by molar-refractivity contribution is -0.139. The van der Waals surface area contributed by atoms with Crippen molar-refractivity contribution >= 4 is 33.9 Å². The lowest BCUT2D eigenvalue weighted by Crippen LogP contribution is -2.48. The second kappa shape index (κ2) is 7.88. The minimum atomic E-state index is -0.111. The standard InChI is InChI=1S/C25H26N2O2S/c1-17-20-12-15-30-23(20)11-14-27(17)24(28)19-8-5-13-26(16-19)25(29)22-10-4-7-18-6-2-3-9-21(18)22/h2-4,6-7,9-10,12,15,17,19H,5,8,11,13-14,16H2,1H3. The van der Waals surface area contributed by atoms with Gasteiger partial charge in [0.15, 0.2) is 0 Å². The van der Waals surface area contributed by atoms with Crippen molar-refractivity contribution in [2.24, 2.45) is 5.92 Å². The molecule has 0 aliphatic carbocycles. The van der Waals surface area contributed by atoms with E-state index in [9.17, 15) is 9.59 Å². The smallest absolute Gasteiger partial charge is 0.254 e. The molecule has 3 heterocycles. The van der Waals surface area contributed by atoms with Gasteiger partial charge in [-0.2, -0.15) is 0 Å². The number of thiophene rings is 1. The van der Waals surface area contributed by atoms with Gasteiger partial charge < -0.3 is 9.80 Å². The molecule has 2 aromatic carbocycles. The topological polar surface area (TPSA) is 40.6 Å². The summed E-state index contributed by atoms with van der Waals surface area (Å²) in [4.78, 5) is 32.1. The van der Waals surface area contributed by atoms with Gasteiger partial charge in [0.2, 0.25) is 5.91 Å². The molecule has 2 aliphatic rings. The van der Waals surface area contributed by atoms with Crippen LogP contribution in [-0.2, 0) is 11.2 Å². The highest BCUT2D eigenvalue weighted by Gasteiger charge is 2.36. The highest BCUT2D eigenvalue weighted by molar-refractivity contribution is 7.10. The lowest BCUT2D eigenvalue weighted by Gasteiger charge is -2.39. The predicted molar refractivity (Wildman–Crippen MR) is 121 cm³/mol. The molecule has 30 heavy (non-hydrogen) atoms. The Hall–Kier alpha value is -2.66. The van der Waals surface area contributed by atoms with E-state index in [1.54, 1.807) is 11.3 Å². The Kier molecular flexibility index (Phi) is 5.07. The molecule has 0 spiro atoms. The summed E-state index contributed by atoms with van der Waals surface area (Å²) in [6.07, 6.45) is 2.67. The molecule has 1 saturated heterocycles. The predicted octanol–water partition coefficient (Wildman–Crippen LogP) is 4.90. The fraction of sp³-hybridized carbons (Fsp3) is 0.360. The molecule has 4 nitrogen and oxygen atoms in total. The van der Waals surface area contributed by atoms with Crippen LogP contribution in [0.5, 0.6) is 0 Å². The summed E-state index contributed by atoms with van der Waals surface area (Å²) in [6, 6.07) is 16.2. The van der Waals surface area contributed by atoms with Gasteiger partial charge >= 0.3 is 0 Å². The molecule has 5 heteroatoms. The number of likely N-dealkylation sites (tertiary alicyclic amines) is 1. The van der Waals surface area contributed by atoms with Crippen molar-refractivity contribution in [2.45, 2.75) is 32.2 Å². The fourth-order valence-electron chi connectivity index (χ4n) is 4.99. The van der Waals surface area contributed by atoms with E-state index in [2.05, 4.69) is 18.4 Å². The third kappa shape index (κ3) is 3.31. The van der Waals surface area contributed by atoms with Gasteiger partial charge in [-0.3, -0.25) is 9.59 Å². The monoisotopic (exact) mass is 418 g/mol. The minimum absolute atomic E-state index is 0.0381. The average Bonchev–Trinajstić information content (AvgIpc) is 3.28. The Morgan fingerprint density at radius 2 is 1.87 bits per heavy atom. The Morgan fingerprint density at radius 1 is 1.03 bits per heavy atom. The number of amides is 2. The number of nitrogens with zero attached hydrogens (tertiary/aromatic N) is 2. The maximum absolute atomic E-state index is 13.4. The Labute approximate surface area is 181 Å². The molecule has 0 saturated carbocycles. The molecule has 3 aromatic rings. The number of carbonyl (C=O) groups is 2. The SMILES string of the molecule is CC1c2ccsc2CCN1C(=O)C1CCCN(C(=O)c2cccc3ccccc23)C1. The van der Waals surface area contributed by atoms with Crippen molar-refractivity contribution < 1.29 is 9.59 Å². The van der Waals surface area contributed by atoms with E-state index in [1.165, 1.54) is 10.4 Å². The molecule has 0 radical (unpaired) electrons. The molecule has 2 unspecified atom stereocenters. The Morgan fingerprint density at radius 3 is 2.77 bits per heavy atom. The van der Waals surface area contributed by atoms with Gasteiger partial charge in [0.1, 0.15) is 0 Å². The van der Waals surface area contributed by atoms with Gasteiger partial charge in [-0.15, -0.1) is 11.3 Å². The molecule has 5 rings (SSSR count). The first-order chi connectivity index (χ1) is 14.6. The summed E-state index contributed by atoms with van der Waals surface area (Å²) < 4.78 is 0. The van der Waals surface area contributed by atoms with Gasteiger partial charge in [0.25, 0.3) is 5.91 Å². The number of carbonyl (C=O) groups excluding carboxylic acids is 2. The summed E-state index contributed by atoms with van der Waals surface area (Å²) in [7, 11) is 0. The average molecular weight is 419 g/mol. The van der Waals surface area contributed by atoms with Gasteiger partial charge in [-0.1, -0.05) is 36.4 Å². The zero-order chi connectivity index (χ0) is 20.7. The molecular formula is C25H26N2O2S. The van der Waals surface area contributed by atoms with Crippen LogP contribution in [0, 0.1) is 5.92 Å². The van der Waals surface area contributed by atoms with Crippen LogP contribution in [0.2, 0.25) is 0 Å². The molecule has 0 N–H and O–H groups in total. The third-order valence-electron chi connectivity index (χ3n) is 6.64. The van der Waals surface area contributed by atoms with Crippen LogP contribution in [0.15, 0.2) is 53.9 Å². The van der Waals surface area contributed by atoms with E-state index in [1.807, 2.05) is 52.3 Å². The van der Waals surface area contributed by atoms with Crippen molar-refractivity contribution in [3.8, 4) is 0 Å². The van der Waals surface area contributed by atoms with Crippen molar-refractivity contribution in [2.75, 3.05) is 19.6 Å². The van der Waals surface area contributed by atoms with Gasteiger partial charge in [0.05, 0.1) is 12.0 Å². The number of hydrogen-bond donors (Lipinski definition) is 0. The minimum Gasteiger partial charge on any atom is -0.338 e. The van der Waals surface area contributed by atoms with E-state index in [0.29, 0.717) is 6.54 Å². The summed E-state index contributed by atoms with van der Waals surface area (Å²) in [5.41, 5.74) is 2.02. The van der Waals surface area contributed by atoms with E-state index in [-0.39, 0.29) is 23.8 Å². The maximum Gasteiger partial charge on any atom is 0.254 e. The van der Waals surface area contributed by atoms with Crippen LogP contribution in [0.3, 0.4) is 0 Å². The van der Waals surface area contributed by atoms with Crippen LogP contribution in [0.1, 0.15) is 46.6 Å². The summed E-state index contributed by atoms with van der Waals surface area (Å²) >= 11 is 1.79. The van der Waals surface area contributed by atoms with E-state index in [4.69, 9.17) is 0 Å². The Balaban J connectivity index is 1.35. The van der Waals surface area contributed by atoms with Crippen molar-refractivity contribution in [3.63, 3.8) is 0 Å². The van der Waals surface area contributed by atoms with Crippen LogP contribution in [0.4, 0.5) is 0 Å². The highest BCUT2D eigenvalue weighted by atomic mass is 32.1. The first-order valence-electron chi connectivity index (χ1n) is 10.8.